The maximum atomic E-state index is 11.8. The van der Waals surface area contributed by atoms with Crippen LogP contribution in [-0.4, -0.2) is 35.6 Å². The van der Waals surface area contributed by atoms with Crippen LogP contribution in [-0.2, 0) is 4.79 Å². The van der Waals surface area contributed by atoms with Crippen molar-refractivity contribution < 1.29 is 14.7 Å². The number of nitrogens with zero attached hydrogens (tertiary/aromatic N) is 1. The predicted octanol–water partition coefficient (Wildman–Crippen LogP) is 1.48. The Bertz CT molecular complexity index is 479. The van der Waals surface area contributed by atoms with Crippen molar-refractivity contribution in [2.45, 2.75) is 12.5 Å². The van der Waals surface area contributed by atoms with Crippen LogP contribution in [0.3, 0.4) is 0 Å². The van der Waals surface area contributed by atoms with Crippen LogP contribution in [0.25, 0.3) is 0 Å². The number of urea groups is 1. The third kappa shape index (κ3) is 4.72. The van der Waals surface area contributed by atoms with Gasteiger partial charge in [0, 0.05) is 7.05 Å². The van der Waals surface area contributed by atoms with Crippen LogP contribution in [0.5, 0.6) is 0 Å². The Balaban J connectivity index is 2.79. The number of carbonyl (C=O) groups is 2. The molecule has 0 fully saturated rings. The van der Waals surface area contributed by atoms with Crippen molar-refractivity contribution >= 4 is 12.0 Å². The number of carboxylic acids is 1. The first-order chi connectivity index (χ1) is 9.04. The van der Waals surface area contributed by atoms with Gasteiger partial charge in [0.15, 0.2) is 0 Å². The molecule has 0 spiro atoms. The fourth-order valence-electron chi connectivity index (χ4n) is 1.58. The minimum atomic E-state index is -0.978. The normalized spacial score (nSPS) is 11.2. The van der Waals surface area contributed by atoms with Crippen molar-refractivity contribution in [1.82, 2.24) is 10.2 Å². The number of nitrogens with one attached hydrogen (secondary N) is 1. The molecule has 0 bridgehead atoms. The van der Waals surface area contributed by atoms with E-state index >= 15 is 0 Å². The molecule has 19 heavy (non-hydrogen) atoms. The lowest BCUT2D eigenvalue weighted by atomic mass is 10.0. The van der Waals surface area contributed by atoms with E-state index < -0.39 is 18.0 Å². The molecule has 0 aliphatic rings. The van der Waals surface area contributed by atoms with Gasteiger partial charge in [-0.25, -0.2) is 4.79 Å². The number of hydrogen-bond donors (Lipinski definition) is 2. The number of aliphatic carboxylic acids is 1. The molecular formula is C14H16N2O3. The number of amides is 2. The monoisotopic (exact) mass is 260 g/mol. The summed E-state index contributed by atoms with van der Waals surface area (Å²) >= 11 is 0. The predicted molar refractivity (Wildman–Crippen MR) is 71.4 cm³/mol. The summed E-state index contributed by atoms with van der Waals surface area (Å²) in [5.41, 5.74) is 0.743. The van der Waals surface area contributed by atoms with Gasteiger partial charge in [-0.1, -0.05) is 36.3 Å². The van der Waals surface area contributed by atoms with Crippen molar-refractivity contribution in [3.8, 4) is 12.3 Å². The Hall–Kier alpha value is -2.48. The van der Waals surface area contributed by atoms with Gasteiger partial charge >= 0.3 is 12.0 Å². The van der Waals surface area contributed by atoms with Gasteiger partial charge in [-0.2, -0.15) is 0 Å². The molecule has 0 heterocycles. The number of hydrogen-bond acceptors (Lipinski definition) is 2. The molecule has 1 aromatic rings. The molecule has 0 aromatic heterocycles. The Morgan fingerprint density at radius 2 is 2.05 bits per heavy atom. The lowest BCUT2D eigenvalue weighted by Gasteiger charge is -2.21. The van der Waals surface area contributed by atoms with Crippen molar-refractivity contribution in [3.05, 3.63) is 35.9 Å². The van der Waals surface area contributed by atoms with E-state index in [-0.39, 0.29) is 13.0 Å². The van der Waals surface area contributed by atoms with Gasteiger partial charge in [0.1, 0.15) is 0 Å². The second-order valence-corrected chi connectivity index (χ2v) is 4.07. The highest BCUT2D eigenvalue weighted by Gasteiger charge is 2.19. The van der Waals surface area contributed by atoms with Crippen LogP contribution < -0.4 is 5.32 Å². The Kier molecular flexibility index (Phi) is 5.42. The zero-order valence-corrected chi connectivity index (χ0v) is 10.7. The minimum absolute atomic E-state index is 0.167. The number of carboxylic acid groups (broad SMARTS) is 1. The topological polar surface area (TPSA) is 69.6 Å². The largest absolute Gasteiger partial charge is 0.481 e. The maximum absolute atomic E-state index is 11.8. The van der Waals surface area contributed by atoms with Crippen molar-refractivity contribution in [2.24, 2.45) is 0 Å². The van der Waals surface area contributed by atoms with E-state index in [1.807, 2.05) is 6.07 Å². The van der Waals surface area contributed by atoms with Gasteiger partial charge in [-0.15, -0.1) is 6.42 Å². The van der Waals surface area contributed by atoms with E-state index in [0.717, 1.165) is 5.56 Å². The molecule has 0 aliphatic carbocycles. The molecule has 0 aliphatic heterocycles. The first-order valence-corrected chi connectivity index (χ1v) is 5.76. The van der Waals surface area contributed by atoms with E-state index in [2.05, 4.69) is 11.2 Å². The van der Waals surface area contributed by atoms with E-state index in [0.29, 0.717) is 0 Å². The second kappa shape index (κ2) is 7.07. The van der Waals surface area contributed by atoms with E-state index in [1.165, 1.54) is 4.90 Å². The van der Waals surface area contributed by atoms with Crippen LogP contribution >= 0.6 is 0 Å². The molecule has 5 heteroatoms. The van der Waals surface area contributed by atoms with Gasteiger partial charge in [0.2, 0.25) is 0 Å². The Labute approximate surface area is 112 Å². The van der Waals surface area contributed by atoms with Gasteiger partial charge in [-0.05, 0) is 5.56 Å². The van der Waals surface area contributed by atoms with Gasteiger partial charge in [0.25, 0.3) is 0 Å². The second-order valence-electron chi connectivity index (χ2n) is 4.07. The first kappa shape index (κ1) is 14.6. The minimum Gasteiger partial charge on any atom is -0.481 e. The summed E-state index contributed by atoms with van der Waals surface area (Å²) in [7, 11) is 1.55. The standard InChI is InChI=1S/C14H16N2O3/c1-3-9-16(2)14(19)15-12(10-13(17)18)11-7-5-4-6-8-11/h1,4-8,12H,9-10H2,2H3,(H,15,19)(H,17,18). The fourth-order valence-corrected chi connectivity index (χ4v) is 1.58. The lowest BCUT2D eigenvalue weighted by molar-refractivity contribution is -0.137. The van der Waals surface area contributed by atoms with Gasteiger partial charge in [0.05, 0.1) is 19.0 Å². The molecule has 0 saturated heterocycles. The molecule has 1 unspecified atom stereocenters. The average molecular weight is 260 g/mol. The highest BCUT2D eigenvalue weighted by molar-refractivity contribution is 5.76. The molecule has 1 rings (SSSR count). The number of rotatable bonds is 5. The highest BCUT2D eigenvalue weighted by Crippen LogP contribution is 2.16. The van der Waals surface area contributed by atoms with E-state index in [4.69, 9.17) is 11.5 Å². The molecule has 2 N–H and O–H groups in total. The van der Waals surface area contributed by atoms with Crippen LogP contribution in [0.15, 0.2) is 30.3 Å². The van der Waals surface area contributed by atoms with E-state index in [1.54, 1.807) is 31.3 Å². The summed E-state index contributed by atoms with van der Waals surface area (Å²) in [6, 6.07) is 7.99. The smallest absolute Gasteiger partial charge is 0.318 e. The zero-order valence-electron chi connectivity index (χ0n) is 10.7. The molecule has 0 saturated carbocycles. The highest BCUT2D eigenvalue weighted by atomic mass is 16.4. The van der Waals surface area contributed by atoms with Crippen molar-refractivity contribution in [3.63, 3.8) is 0 Å². The lowest BCUT2D eigenvalue weighted by Crippen LogP contribution is -2.40. The zero-order chi connectivity index (χ0) is 14.3. The average Bonchev–Trinajstić information content (AvgIpc) is 2.38. The Morgan fingerprint density at radius 3 is 2.58 bits per heavy atom. The summed E-state index contributed by atoms with van der Waals surface area (Å²) in [4.78, 5) is 24.0. The maximum Gasteiger partial charge on any atom is 0.318 e. The van der Waals surface area contributed by atoms with Crippen LogP contribution in [0.2, 0.25) is 0 Å². The van der Waals surface area contributed by atoms with Crippen LogP contribution in [0, 0.1) is 12.3 Å². The van der Waals surface area contributed by atoms with Gasteiger partial charge in [-0.3, -0.25) is 4.79 Å². The summed E-state index contributed by atoms with van der Waals surface area (Å²) in [6.45, 7) is 0.167. The summed E-state index contributed by atoms with van der Waals surface area (Å²) < 4.78 is 0. The van der Waals surface area contributed by atoms with Crippen LogP contribution in [0.1, 0.15) is 18.0 Å². The molecule has 1 aromatic carbocycles. The van der Waals surface area contributed by atoms with Gasteiger partial charge < -0.3 is 15.3 Å². The van der Waals surface area contributed by atoms with Crippen LogP contribution in [0.4, 0.5) is 4.79 Å². The molecule has 5 nitrogen and oxygen atoms in total. The SMILES string of the molecule is C#CCN(C)C(=O)NC(CC(=O)O)c1ccccc1. The molecule has 1 atom stereocenters. The van der Waals surface area contributed by atoms with E-state index in [9.17, 15) is 9.59 Å². The summed E-state index contributed by atoms with van der Waals surface area (Å²) in [5, 5.41) is 11.6. The third-order valence-electron chi connectivity index (χ3n) is 2.55. The number of terminal acetylenes is 1. The molecule has 2 amide bonds. The molecule has 100 valence electrons. The fraction of sp³-hybridized carbons (Fsp3) is 0.286. The molecule has 0 radical (unpaired) electrons. The quantitative estimate of drug-likeness (QED) is 0.788. The number of benzene rings is 1. The third-order valence-corrected chi connectivity index (χ3v) is 2.55. The molecular weight excluding hydrogens is 244 g/mol. The first-order valence-electron chi connectivity index (χ1n) is 5.76. The summed E-state index contributed by atoms with van der Waals surface area (Å²) in [6.07, 6.45) is 4.94. The Morgan fingerprint density at radius 1 is 1.42 bits per heavy atom. The van der Waals surface area contributed by atoms with Crippen molar-refractivity contribution in [2.75, 3.05) is 13.6 Å². The number of carbonyl (C=O) groups excluding carboxylic acids is 1. The summed E-state index contributed by atoms with van der Waals surface area (Å²) in [5.74, 6) is 1.37. The van der Waals surface area contributed by atoms with Crippen molar-refractivity contribution in [1.29, 1.82) is 0 Å².